The Morgan fingerprint density at radius 2 is 2.00 bits per heavy atom. The smallest absolute Gasteiger partial charge is 0.193 e. The summed E-state index contributed by atoms with van der Waals surface area (Å²) < 4.78 is 15.0. The van der Waals surface area contributed by atoms with E-state index in [1.165, 1.54) is 17.8 Å². The third kappa shape index (κ3) is 7.27. The largest absolute Gasteiger partial charge is 0.356 e. The van der Waals surface area contributed by atoms with Gasteiger partial charge in [-0.25, -0.2) is 4.39 Å². The van der Waals surface area contributed by atoms with E-state index in [2.05, 4.69) is 25.8 Å². The van der Waals surface area contributed by atoms with Gasteiger partial charge in [0.1, 0.15) is 5.82 Å². The Balaban J connectivity index is 0.00000312. The van der Waals surface area contributed by atoms with Gasteiger partial charge in [-0.2, -0.15) is 0 Å². The molecule has 0 radical (unpaired) electrons. The van der Waals surface area contributed by atoms with Crippen molar-refractivity contribution >= 4 is 41.7 Å². The third-order valence-corrected chi connectivity index (χ3v) is 4.81. The van der Waals surface area contributed by atoms with Gasteiger partial charge in [-0.1, -0.05) is 0 Å². The molecule has 0 bridgehead atoms. The first-order valence-electron chi connectivity index (χ1n) is 8.00. The van der Waals surface area contributed by atoms with Crippen LogP contribution in [0.2, 0.25) is 0 Å². The van der Waals surface area contributed by atoms with Crippen molar-refractivity contribution in [1.29, 1.82) is 0 Å². The minimum Gasteiger partial charge on any atom is -0.356 e. The fraction of sp³-hybridized carbons (Fsp3) is 0.389. The van der Waals surface area contributed by atoms with Gasteiger partial charge >= 0.3 is 0 Å². The molecule has 0 saturated heterocycles. The summed E-state index contributed by atoms with van der Waals surface area (Å²) in [6.45, 7) is 1.67. The number of thioether (sulfide) groups is 1. The Hall–Kier alpha value is -1.22. The van der Waals surface area contributed by atoms with Crippen molar-refractivity contribution < 1.29 is 4.39 Å². The van der Waals surface area contributed by atoms with Crippen molar-refractivity contribution in [3.05, 3.63) is 54.1 Å². The standard InChI is InChI=1S/C18H25FN4S.HI/c1-20-18(23(3)14-16-6-4-12-22(16)2)21-11-5-13-24-17-9-7-15(19)8-10-17;/h4,6-10,12H,5,11,13-14H2,1-3H3,(H,20,21);1H. The molecule has 1 N–H and O–H groups in total. The predicted octanol–water partition coefficient (Wildman–Crippen LogP) is 3.97. The van der Waals surface area contributed by atoms with Crippen LogP contribution in [0, 0.1) is 5.82 Å². The normalized spacial score (nSPS) is 11.1. The van der Waals surface area contributed by atoms with Gasteiger partial charge in [-0.15, -0.1) is 35.7 Å². The van der Waals surface area contributed by atoms with E-state index in [1.807, 2.05) is 38.5 Å². The molecule has 4 nitrogen and oxygen atoms in total. The minimum absolute atomic E-state index is 0. The van der Waals surface area contributed by atoms with Gasteiger partial charge in [0, 0.05) is 44.5 Å². The van der Waals surface area contributed by atoms with E-state index in [9.17, 15) is 4.39 Å². The lowest BCUT2D eigenvalue weighted by atomic mass is 10.4. The molecule has 1 heterocycles. The zero-order chi connectivity index (χ0) is 17.4. The van der Waals surface area contributed by atoms with Crippen LogP contribution in [0.5, 0.6) is 0 Å². The molecule has 1 aromatic heterocycles. The molecule has 0 unspecified atom stereocenters. The number of guanidine groups is 1. The van der Waals surface area contributed by atoms with Crippen molar-refractivity contribution in [2.45, 2.75) is 17.9 Å². The number of nitrogens with one attached hydrogen (secondary N) is 1. The van der Waals surface area contributed by atoms with E-state index >= 15 is 0 Å². The Bertz CT molecular complexity index is 657. The molecule has 25 heavy (non-hydrogen) atoms. The average molecular weight is 476 g/mol. The third-order valence-electron chi connectivity index (χ3n) is 3.71. The molecule has 7 heteroatoms. The maximum atomic E-state index is 12.9. The van der Waals surface area contributed by atoms with Crippen molar-refractivity contribution in [1.82, 2.24) is 14.8 Å². The highest BCUT2D eigenvalue weighted by molar-refractivity contribution is 14.0. The van der Waals surface area contributed by atoms with E-state index in [-0.39, 0.29) is 29.8 Å². The molecule has 2 aromatic rings. The molecule has 0 atom stereocenters. The van der Waals surface area contributed by atoms with Gasteiger partial charge < -0.3 is 14.8 Å². The lowest BCUT2D eigenvalue weighted by Crippen LogP contribution is -2.39. The van der Waals surface area contributed by atoms with Crippen LogP contribution in [0.1, 0.15) is 12.1 Å². The molecular weight excluding hydrogens is 450 g/mol. The fourth-order valence-electron chi connectivity index (χ4n) is 2.36. The highest BCUT2D eigenvalue weighted by Crippen LogP contribution is 2.18. The van der Waals surface area contributed by atoms with Gasteiger partial charge in [0.2, 0.25) is 0 Å². The summed E-state index contributed by atoms with van der Waals surface area (Å²) in [5.74, 6) is 1.69. The monoisotopic (exact) mass is 476 g/mol. The van der Waals surface area contributed by atoms with Gasteiger partial charge in [0.15, 0.2) is 5.96 Å². The van der Waals surface area contributed by atoms with E-state index in [1.54, 1.807) is 18.8 Å². The number of rotatable bonds is 7. The van der Waals surface area contributed by atoms with E-state index in [4.69, 9.17) is 0 Å². The summed E-state index contributed by atoms with van der Waals surface area (Å²) >= 11 is 1.74. The van der Waals surface area contributed by atoms with Crippen LogP contribution in [-0.4, -0.2) is 41.8 Å². The number of aryl methyl sites for hydroxylation is 1. The summed E-state index contributed by atoms with van der Waals surface area (Å²) in [4.78, 5) is 7.55. The van der Waals surface area contributed by atoms with Crippen LogP contribution in [0.15, 0.2) is 52.5 Å². The fourth-order valence-corrected chi connectivity index (χ4v) is 3.21. The highest BCUT2D eigenvalue weighted by atomic mass is 127. The molecule has 0 saturated carbocycles. The van der Waals surface area contributed by atoms with Crippen molar-refractivity contribution in [3.8, 4) is 0 Å². The molecule has 138 valence electrons. The molecule has 0 amide bonds. The second-order valence-corrected chi connectivity index (χ2v) is 6.76. The van der Waals surface area contributed by atoms with Crippen LogP contribution in [0.3, 0.4) is 0 Å². The van der Waals surface area contributed by atoms with Crippen LogP contribution in [-0.2, 0) is 13.6 Å². The summed E-state index contributed by atoms with van der Waals surface area (Å²) in [6.07, 6.45) is 3.06. The van der Waals surface area contributed by atoms with E-state index < -0.39 is 0 Å². The maximum Gasteiger partial charge on any atom is 0.193 e. The quantitative estimate of drug-likeness (QED) is 0.216. The Labute approximate surface area is 170 Å². The molecule has 0 aliphatic heterocycles. The van der Waals surface area contributed by atoms with Crippen LogP contribution in [0.4, 0.5) is 4.39 Å². The number of aliphatic imine (C=N–C) groups is 1. The molecule has 0 fully saturated rings. The number of benzene rings is 1. The molecule has 0 aliphatic rings. The van der Waals surface area contributed by atoms with Crippen LogP contribution < -0.4 is 5.32 Å². The van der Waals surface area contributed by atoms with Crippen molar-refractivity contribution in [2.75, 3.05) is 26.4 Å². The lowest BCUT2D eigenvalue weighted by molar-refractivity contribution is 0.462. The van der Waals surface area contributed by atoms with Gasteiger partial charge in [-0.05, 0) is 48.6 Å². The summed E-state index contributed by atoms with van der Waals surface area (Å²) in [5, 5.41) is 3.39. The van der Waals surface area contributed by atoms with Gasteiger partial charge in [-0.3, -0.25) is 4.99 Å². The molecular formula is C18H26FIN4S. The van der Waals surface area contributed by atoms with Crippen molar-refractivity contribution in [2.24, 2.45) is 12.0 Å². The summed E-state index contributed by atoms with van der Waals surface area (Å²) in [6, 6.07) is 10.8. The Morgan fingerprint density at radius 1 is 1.28 bits per heavy atom. The lowest BCUT2D eigenvalue weighted by Gasteiger charge is -2.22. The van der Waals surface area contributed by atoms with Crippen LogP contribution in [0.25, 0.3) is 0 Å². The zero-order valence-corrected chi connectivity index (χ0v) is 18.1. The number of aromatic nitrogens is 1. The zero-order valence-electron chi connectivity index (χ0n) is 14.9. The van der Waals surface area contributed by atoms with Gasteiger partial charge in [0.25, 0.3) is 0 Å². The Kier molecular flexibility index (Phi) is 9.96. The van der Waals surface area contributed by atoms with Gasteiger partial charge in [0.05, 0.1) is 6.54 Å². The van der Waals surface area contributed by atoms with Crippen LogP contribution >= 0.6 is 35.7 Å². The number of halogens is 2. The minimum atomic E-state index is -0.189. The second kappa shape index (κ2) is 11.4. The molecule has 0 spiro atoms. The molecule has 2 rings (SSSR count). The first-order chi connectivity index (χ1) is 11.6. The highest BCUT2D eigenvalue weighted by Gasteiger charge is 2.07. The maximum absolute atomic E-state index is 12.9. The predicted molar refractivity (Wildman–Crippen MR) is 115 cm³/mol. The summed E-state index contributed by atoms with van der Waals surface area (Å²) in [5.41, 5.74) is 1.24. The topological polar surface area (TPSA) is 32.6 Å². The second-order valence-electron chi connectivity index (χ2n) is 5.60. The molecule has 0 aliphatic carbocycles. The van der Waals surface area contributed by atoms with E-state index in [0.29, 0.717) is 0 Å². The number of hydrogen-bond donors (Lipinski definition) is 1. The number of hydrogen-bond acceptors (Lipinski definition) is 2. The SMILES string of the molecule is CN=C(NCCCSc1ccc(F)cc1)N(C)Cc1cccn1C.I. The first kappa shape index (κ1) is 21.8. The Morgan fingerprint density at radius 3 is 2.60 bits per heavy atom. The molecule has 1 aromatic carbocycles. The van der Waals surface area contributed by atoms with Crippen molar-refractivity contribution in [3.63, 3.8) is 0 Å². The summed E-state index contributed by atoms with van der Waals surface area (Å²) in [7, 11) is 5.89. The number of nitrogens with zero attached hydrogens (tertiary/aromatic N) is 3. The van der Waals surface area contributed by atoms with E-state index in [0.717, 1.165) is 36.1 Å². The first-order valence-corrected chi connectivity index (χ1v) is 8.99. The average Bonchev–Trinajstić information content (AvgIpc) is 2.97.